The van der Waals surface area contributed by atoms with Crippen molar-refractivity contribution < 1.29 is 9.90 Å². The standard InChI is InChI=1S/C10H12INO2/c11-4-5-12-10(14)7-8-2-1-3-9(13)6-8/h1-3,6,13H,4-5,7H2,(H,12,14). The van der Waals surface area contributed by atoms with Crippen LogP contribution in [0, 0.1) is 0 Å². The van der Waals surface area contributed by atoms with Gasteiger partial charge in [0.15, 0.2) is 0 Å². The number of hydrogen-bond acceptors (Lipinski definition) is 2. The molecule has 0 bridgehead atoms. The highest BCUT2D eigenvalue weighted by Gasteiger charge is 2.02. The Kier molecular flexibility index (Phi) is 4.72. The lowest BCUT2D eigenvalue weighted by atomic mass is 10.1. The summed E-state index contributed by atoms with van der Waals surface area (Å²) < 4.78 is 0.906. The fraction of sp³-hybridized carbons (Fsp3) is 0.300. The number of hydrogen-bond donors (Lipinski definition) is 2. The fourth-order valence-corrected chi connectivity index (χ4v) is 1.37. The molecule has 1 rings (SSSR count). The van der Waals surface area contributed by atoms with E-state index in [1.807, 2.05) is 6.07 Å². The number of nitrogens with one attached hydrogen (secondary N) is 1. The first-order valence-electron chi connectivity index (χ1n) is 4.33. The smallest absolute Gasteiger partial charge is 0.224 e. The number of carbonyl (C=O) groups is 1. The van der Waals surface area contributed by atoms with Crippen molar-refractivity contribution in [3.8, 4) is 5.75 Å². The van der Waals surface area contributed by atoms with E-state index in [1.165, 1.54) is 0 Å². The fourth-order valence-electron chi connectivity index (χ4n) is 1.10. The van der Waals surface area contributed by atoms with Crippen LogP contribution in [0.3, 0.4) is 0 Å². The van der Waals surface area contributed by atoms with Gasteiger partial charge in [-0.15, -0.1) is 0 Å². The molecular weight excluding hydrogens is 293 g/mol. The van der Waals surface area contributed by atoms with Gasteiger partial charge in [0.05, 0.1) is 6.42 Å². The number of carbonyl (C=O) groups excluding carboxylic acids is 1. The normalized spacial score (nSPS) is 9.79. The predicted molar refractivity (Wildman–Crippen MR) is 63.7 cm³/mol. The molecule has 1 aromatic carbocycles. The molecule has 4 heteroatoms. The second-order valence-corrected chi connectivity index (χ2v) is 3.96. The van der Waals surface area contributed by atoms with Gasteiger partial charge >= 0.3 is 0 Å². The second kappa shape index (κ2) is 5.85. The van der Waals surface area contributed by atoms with Crippen LogP contribution in [0.4, 0.5) is 0 Å². The summed E-state index contributed by atoms with van der Waals surface area (Å²) in [5.41, 5.74) is 0.830. The molecule has 0 saturated carbocycles. The Balaban J connectivity index is 2.47. The highest BCUT2D eigenvalue weighted by atomic mass is 127. The highest BCUT2D eigenvalue weighted by Crippen LogP contribution is 2.10. The minimum Gasteiger partial charge on any atom is -0.508 e. The third-order valence-corrected chi connectivity index (χ3v) is 2.23. The summed E-state index contributed by atoms with van der Waals surface area (Å²) in [4.78, 5) is 11.3. The summed E-state index contributed by atoms with van der Waals surface area (Å²) in [5, 5.41) is 11.9. The van der Waals surface area contributed by atoms with E-state index >= 15 is 0 Å². The maximum atomic E-state index is 11.3. The molecule has 0 saturated heterocycles. The molecule has 0 fully saturated rings. The molecule has 0 spiro atoms. The SMILES string of the molecule is O=C(Cc1cccc(O)c1)NCCI. The highest BCUT2D eigenvalue weighted by molar-refractivity contribution is 14.1. The molecule has 0 aliphatic rings. The van der Waals surface area contributed by atoms with Crippen molar-refractivity contribution >= 4 is 28.5 Å². The molecule has 1 amide bonds. The van der Waals surface area contributed by atoms with E-state index in [0.29, 0.717) is 13.0 Å². The van der Waals surface area contributed by atoms with Gasteiger partial charge in [-0.1, -0.05) is 34.7 Å². The maximum absolute atomic E-state index is 11.3. The van der Waals surface area contributed by atoms with Crippen LogP contribution >= 0.6 is 22.6 Å². The van der Waals surface area contributed by atoms with Crippen LogP contribution in [0.1, 0.15) is 5.56 Å². The van der Waals surface area contributed by atoms with E-state index in [2.05, 4.69) is 27.9 Å². The molecule has 76 valence electrons. The van der Waals surface area contributed by atoms with E-state index in [9.17, 15) is 4.79 Å². The Bertz CT molecular complexity index is 315. The molecule has 0 atom stereocenters. The number of aromatic hydroxyl groups is 1. The number of halogens is 1. The summed E-state index contributed by atoms with van der Waals surface area (Å²) in [7, 11) is 0. The van der Waals surface area contributed by atoms with Gasteiger partial charge in [0, 0.05) is 11.0 Å². The van der Waals surface area contributed by atoms with Crippen LogP contribution in [0.25, 0.3) is 0 Å². The molecule has 2 N–H and O–H groups in total. The third kappa shape index (κ3) is 3.95. The van der Waals surface area contributed by atoms with Crippen LogP contribution in [-0.2, 0) is 11.2 Å². The van der Waals surface area contributed by atoms with Gasteiger partial charge in [0.25, 0.3) is 0 Å². The topological polar surface area (TPSA) is 49.3 Å². The Labute approximate surface area is 96.7 Å². The monoisotopic (exact) mass is 305 g/mol. The van der Waals surface area contributed by atoms with E-state index in [1.54, 1.807) is 18.2 Å². The molecule has 1 aromatic rings. The zero-order chi connectivity index (χ0) is 10.4. The summed E-state index contributed by atoms with van der Waals surface area (Å²) in [6.45, 7) is 0.693. The average Bonchev–Trinajstić information content (AvgIpc) is 2.15. The van der Waals surface area contributed by atoms with Gasteiger partial charge in [0.2, 0.25) is 5.91 Å². The first-order valence-corrected chi connectivity index (χ1v) is 5.85. The van der Waals surface area contributed by atoms with Crippen molar-refractivity contribution in [2.45, 2.75) is 6.42 Å². The van der Waals surface area contributed by atoms with Crippen molar-refractivity contribution in [3.05, 3.63) is 29.8 Å². The Morgan fingerprint density at radius 3 is 2.93 bits per heavy atom. The third-order valence-electron chi connectivity index (χ3n) is 1.69. The number of amides is 1. The number of phenolic OH excluding ortho intramolecular Hbond substituents is 1. The number of benzene rings is 1. The van der Waals surface area contributed by atoms with Gasteiger partial charge in [-0.2, -0.15) is 0 Å². The summed E-state index contributed by atoms with van der Waals surface area (Å²) in [5.74, 6) is 0.191. The largest absolute Gasteiger partial charge is 0.508 e. The van der Waals surface area contributed by atoms with E-state index in [0.717, 1.165) is 9.99 Å². The van der Waals surface area contributed by atoms with E-state index < -0.39 is 0 Å². The van der Waals surface area contributed by atoms with Gasteiger partial charge in [-0.3, -0.25) is 4.79 Å². The second-order valence-electron chi connectivity index (χ2n) is 2.89. The van der Waals surface area contributed by atoms with Gasteiger partial charge < -0.3 is 10.4 Å². The Hall–Kier alpha value is -0.780. The van der Waals surface area contributed by atoms with Crippen molar-refractivity contribution in [2.75, 3.05) is 11.0 Å². The van der Waals surface area contributed by atoms with Crippen molar-refractivity contribution in [1.29, 1.82) is 0 Å². The van der Waals surface area contributed by atoms with Gasteiger partial charge in [0.1, 0.15) is 5.75 Å². The minimum absolute atomic E-state index is 0.00716. The average molecular weight is 305 g/mol. The summed E-state index contributed by atoms with van der Waals surface area (Å²) in [6.07, 6.45) is 0.324. The van der Waals surface area contributed by atoms with E-state index in [-0.39, 0.29) is 11.7 Å². The summed E-state index contributed by atoms with van der Waals surface area (Å²) >= 11 is 2.20. The zero-order valence-electron chi connectivity index (χ0n) is 7.66. The quantitative estimate of drug-likeness (QED) is 0.654. The van der Waals surface area contributed by atoms with E-state index in [4.69, 9.17) is 5.11 Å². The number of phenols is 1. The van der Waals surface area contributed by atoms with Crippen LogP contribution in [-0.4, -0.2) is 22.0 Å². The van der Waals surface area contributed by atoms with Crippen LogP contribution in [0.5, 0.6) is 5.75 Å². The van der Waals surface area contributed by atoms with Gasteiger partial charge in [-0.05, 0) is 17.7 Å². The minimum atomic E-state index is -0.00716. The van der Waals surface area contributed by atoms with Crippen molar-refractivity contribution in [1.82, 2.24) is 5.32 Å². The molecule has 0 aliphatic carbocycles. The Morgan fingerprint density at radius 1 is 1.50 bits per heavy atom. The molecule has 0 unspecified atom stereocenters. The first kappa shape index (κ1) is 11.3. The molecule has 3 nitrogen and oxygen atoms in total. The molecular formula is C10H12INO2. The van der Waals surface area contributed by atoms with Crippen LogP contribution in [0.2, 0.25) is 0 Å². The maximum Gasteiger partial charge on any atom is 0.224 e. The van der Waals surface area contributed by atoms with Crippen molar-refractivity contribution in [2.24, 2.45) is 0 Å². The molecule has 0 aromatic heterocycles. The molecule has 14 heavy (non-hydrogen) atoms. The molecule has 0 heterocycles. The number of rotatable bonds is 4. The Morgan fingerprint density at radius 2 is 2.29 bits per heavy atom. The van der Waals surface area contributed by atoms with Crippen LogP contribution < -0.4 is 5.32 Å². The molecule has 0 radical (unpaired) electrons. The van der Waals surface area contributed by atoms with Crippen LogP contribution in [0.15, 0.2) is 24.3 Å². The predicted octanol–water partition coefficient (Wildman–Crippen LogP) is 1.49. The lowest BCUT2D eigenvalue weighted by molar-refractivity contribution is -0.120. The lowest BCUT2D eigenvalue weighted by Crippen LogP contribution is -2.26. The summed E-state index contributed by atoms with van der Waals surface area (Å²) in [6, 6.07) is 6.75. The molecule has 0 aliphatic heterocycles. The zero-order valence-corrected chi connectivity index (χ0v) is 9.82. The van der Waals surface area contributed by atoms with Crippen molar-refractivity contribution in [3.63, 3.8) is 0 Å². The first-order chi connectivity index (χ1) is 6.72. The van der Waals surface area contributed by atoms with Gasteiger partial charge in [-0.25, -0.2) is 0 Å². The lowest BCUT2D eigenvalue weighted by Gasteiger charge is -2.03. The number of alkyl halides is 1.